The lowest BCUT2D eigenvalue weighted by atomic mass is 9.98. The lowest BCUT2D eigenvalue weighted by Crippen LogP contribution is -2.35. The second-order valence-corrected chi connectivity index (χ2v) is 9.05. The van der Waals surface area contributed by atoms with E-state index >= 15 is 0 Å². The fraction of sp³-hybridized carbons (Fsp3) is 0.423. The number of benzene rings is 2. The summed E-state index contributed by atoms with van der Waals surface area (Å²) in [6, 6.07) is 10.3. The minimum Gasteiger partial charge on any atom is -0.351 e. The number of anilines is 2. The van der Waals surface area contributed by atoms with Gasteiger partial charge in [-0.05, 0) is 48.2 Å². The Balaban J connectivity index is 1.69. The van der Waals surface area contributed by atoms with E-state index in [9.17, 15) is 18.8 Å². The predicted octanol–water partition coefficient (Wildman–Crippen LogP) is 3.90. The van der Waals surface area contributed by atoms with E-state index in [0.717, 1.165) is 19.3 Å². The highest BCUT2D eigenvalue weighted by molar-refractivity contribution is 6.06. The third-order valence-corrected chi connectivity index (χ3v) is 6.68. The molecule has 1 unspecified atom stereocenters. The maximum Gasteiger partial charge on any atom is 0.251 e. The van der Waals surface area contributed by atoms with Crippen LogP contribution in [0.3, 0.4) is 0 Å². The van der Waals surface area contributed by atoms with E-state index in [1.54, 1.807) is 35.2 Å². The van der Waals surface area contributed by atoms with E-state index < -0.39 is 6.04 Å². The third-order valence-electron chi connectivity index (χ3n) is 6.68. The van der Waals surface area contributed by atoms with Crippen LogP contribution in [0.2, 0.25) is 0 Å². The van der Waals surface area contributed by atoms with Gasteiger partial charge in [0.2, 0.25) is 11.8 Å². The summed E-state index contributed by atoms with van der Waals surface area (Å²) in [5.74, 6) is -0.496. The first-order chi connectivity index (χ1) is 16.5. The van der Waals surface area contributed by atoms with Crippen LogP contribution in [0, 0.1) is 11.7 Å². The first-order valence-electron chi connectivity index (χ1n) is 12.0. The molecule has 1 atom stereocenters. The van der Waals surface area contributed by atoms with Crippen molar-refractivity contribution < 1.29 is 18.8 Å². The average Bonchev–Trinajstić information content (AvgIpc) is 3.30. The van der Waals surface area contributed by atoms with Crippen molar-refractivity contribution in [3.8, 4) is 0 Å². The van der Waals surface area contributed by atoms with Crippen molar-refractivity contribution in [2.24, 2.45) is 11.7 Å². The monoisotopic (exact) mass is 466 g/mol. The number of hydrogen-bond acceptors (Lipinski definition) is 4. The normalized spacial score (nSPS) is 18.2. The molecule has 3 amide bonds. The number of nitrogens with one attached hydrogen (secondary N) is 2. The summed E-state index contributed by atoms with van der Waals surface area (Å²) in [4.78, 5) is 40.5. The predicted molar refractivity (Wildman–Crippen MR) is 129 cm³/mol. The molecule has 180 valence electrons. The van der Waals surface area contributed by atoms with Gasteiger partial charge in [-0.2, -0.15) is 0 Å². The Morgan fingerprint density at radius 3 is 2.56 bits per heavy atom. The van der Waals surface area contributed by atoms with Crippen molar-refractivity contribution >= 4 is 29.1 Å². The Bertz CT molecular complexity index is 1050. The van der Waals surface area contributed by atoms with Crippen LogP contribution in [0.1, 0.15) is 66.9 Å². The standard InChI is InChI=1S/C26H31FN4O3/c27-20-9-6-18(7-10-20)23-16-24(32)30-21-15-19(26(34)29-14-13-28)8-11-22(21)31(23)25(33)12-5-17-3-1-2-4-17/h6-11,15,17,23H,1-5,12-14,16,28H2,(H,29,34)(H,30,32). The van der Waals surface area contributed by atoms with Gasteiger partial charge >= 0.3 is 0 Å². The number of fused-ring (bicyclic) bond motifs is 1. The van der Waals surface area contributed by atoms with Gasteiger partial charge in [0, 0.05) is 25.1 Å². The minimum atomic E-state index is -0.574. The molecular formula is C26H31FN4O3. The van der Waals surface area contributed by atoms with Crippen molar-refractivity contribution in [2.45, 2.75) is 51.0 Å². The van der Waals surface area contributed by atoms with Crippen LogP contribution < -0.4 is 21.3 Å². The molecule has 0 aromatic heterocycles. The summed E-state index contributed by atoms with van der Waals surface area (Å²) in [6.07, 6.45) is 5.91. The molecule has 0 radical (unpaired) electrons. The van der Waals surface area contributed by atoms with Gasteiger partial charge in [0.15, 0.2) is 0 Å². The summed E-state index contributed by atoms with van der Waals surface area (Å²) >= 11 is 0. The maximum absolute atomic E-state index is 13.6. The number of carbonyl (C=O) groups is 3. The molecule has 1 aliphatic heterocycles. The van der Waals surface area contributed by atoms with Crippen LogP contribution in [-0.4, -0.2) is 30.8 Å². The number of carbonyl (C=O) groups excluding carboxylic acids is 3. The van der Waals surface area contributed by atoms with Crippen LogP contribution in [0.25, 0.3) is 0 Å². The minimum absolute atomic E-state index is 0.0319. The number of nitrogens with zero attached hydrogens (tertiary/aromatic N) is 1. The number of rotatable bonds is 7. The van der Waals surface area contributed by atoms with E-state index in [4.69, 9.17) is 5.73 Å². The van der Waals surface area contributed by atoms with Crippen LogP contribution >= 0.6 is 0 Å². The Labute approximate surface area is 198 Å². The number of amides is 3. The molecule has 0 bridgehead atoms. The molecule has 2 aliphatic rings. The molecule has 1 aliphatic carbocycles. The highest BCUT2D eigenvalue weighted by atomic mass is 19.1. The van der Waals surface area contributed by atoms with Crippen LogP contribution in [0.15, 0.2) is 42.5 Å². The quantitative estimate of drug-likeness (QED) is 0.576. The molecule has 1 heterocycles. The summed E-state index contributed by atoms with van der Waals surface area (Å²) < 4.78 is 13.6. The zero-order valence-corrected chi connectivity index (χ0v) is 19.2. The second-order valence-electron chi connectivity index (χ2n) is 9.05. The van der Waals surface area contributed by atoms with Gasteiger partial charge in [-0.25, -0.2) is 4.39 Å². The van der Waals surface area contributed by atoms with Gasteiger partial charge < -0.3 is 21.3 Å². The first-order valence-corrected chi connectivity index (χ1v) is 12.0. The largest absolute Gasteiger partial charge is 0.351 e. The van der Waals surface area contributed by atoms with E-state index in [2.05, 4.69) is 10.6 Å². The molecule has 1 fully saturated rings. The van der Waals surface area contributed by atoms with E-state index in [-0.39, 0.29) is 30.0 Å². The molecule has 4 rings (SSSR count). The van der Waals surface area contributed by atoms with Gasteiger partial charge in [-0.15, -0.1) is 0 Å². The fourth-order valence-electron chi connectivity index (χ4n) is 4.92. The van der Waals surface area contributed by atoms with E-state index in [0.29, 0.717) is 47.9 Å². The number of nitrogens with two attached hydrogens (primary N) is 1. The van der Waals surface area contributed by atoms with Crippen molar-refractivity contribution in [3.63, 3.8) is 0 Å². The van der Waals surface area contributed by atoms with Crippen molar-refractivity contribution in [2.75, 3.05) is 23.3 Å². The highest BCUT2D eigenvalue weighted by Gasteiger charge is 2.34. The van der Waals surface area contributed by atoms with Crippen molar-refractivity contribution in [3.05, 3.63) is 59.4 Å². The Hall–Kier alpha value is -3.26. The van der Waals surface area contributed by atoms with Crippen LogP contribution in [-0.2, 0) is 9.59 Å². The Morgan fingerprint density at radius 2 is 1.85 bits per heavy atom. The fourth-order valence-corrected chi connectivity index (χ4v) is 4.92. The molecule has 8 heteroatoms. The molecule has 4 N–H and O–H groups in total. The third kappa shape index (κ3) is 5.44. The summed E-state index contributed by atoms with van der Waals surface area (Å²) in [6.45, 7) is 0.650. The molecule has 34 heavy (non-hydrogen) atoms. The smallest absolute Gasteiger partial charge is 0.251 e. The molecule has 2 aromatic carbocycles. The maximum atomic E-state index is 13.6. The summed E-state index contributed by atoms with van der Waals surface area (Å²) in [7, 11) is 0. The Morgan fingerprint density at radius 1 is 1.12 bits per heavy atom. The zero-order chi connectivity index (χ0) is 24.1. The zero-order valence-electron chi connectivity index (χ0n) is 19.2. The van der Waals surface area contributed by atoms with Gasteiger partial charge in [-0.3, -0.25) is 14.4 Å². The van der Waals surface area contributed by atoms with Crippen LogP contribution in [0.4, 0.5) is 15.8 Å². The molecule has 0 saturated heterocycles. The number of hydrogen-bond donors (Lipinski definition) is 3. The number of halogens is 1. The first kappa shape index (κ1) is 23.9. The summed E-state index contributed by atoms with van der Waals surface area (Å²) in [5, 5.41) is 5.57. The molecule has 0 spiro atoms. The molecule has 7 nitrogen and oxygen atoms in total. The molecule has 2 aromatic rings. The van der Waals surface area contributed by atoms with Crippen LogP contribution in [0.5, 0.6) is 0 Å². The van der Waals surface area contributed by atoms with Gasteiger partial charge in [0.05, 0.1) is 23.8 Å². The lowest BCUT2D eigenvalue weighted by Gasteiger charge is -2.31. The van der Waals surface area contributed by atoms with Gasteiger partial charge in [0.1, 0.15) is 5.82 Å². The Kier molecular flexibility index (Phi) is 7.57. The molecular weight excluding hydrogens is 435 g/mol. The summed E-state index contributed by atoms with van der Waals surface area (Å²) in [5.41, 5.74) is 7.46. The highest BCUT2D eigenvalue weighted by Crippen LogP contribution is 2.40. The van der Waals surface area contributed by atoms with E-state index in [1.165, 1.54) is 25.0 Å². The van der Waals surface area contributed by atoms with Gasteiger partial charge in [-0.1, -0.05) is 37.8 Å². The second kappa shape index (κ2) is 10.8. The lowest BCUT2D eigenvalue weighted by molar-refractivity contribution is -0.119. The van der Waals surface area contributed by atoms with E-state index in [1.807, 2.05) is 0 Å². The van der Waals surface area contributed by atoms with Crippen molar-refractivity contribution in [1.82, 2.24) is 5.32 Å². The SMILES string of the molecule is NCCNC(=O)c1ccc2c(c1)NC(=O)CC(c1ccc(F)cc1)N2C(=O)CCC1CCCC1. The molecule has 1 saturated carbocycles. The van der Waals surface area contributed by atoms with Gasteiger partial charge in [0.25, 0.3) is 5.91 Å². The topological polar surface area (TPSA) is 105 Å². The average molecular weight is 467 g/mol. The van der Waals surface area contributed by atoms with Crippen molar-refractivity contribution in [1.29, 1.82) is 0 Å².